The molecule has 20 heavy (non-hydrogen) atoms. The van der Waals surface area contributed by atoms with Crippen molar-refractivity contribution in [2.75, 3.05) is 6.16 Å². The van der Waals surface area contributed by atoms with E-state index in [4.69, 9.17) is 10.8 Å². The molecule has 0 saturated carbocycles. The number of hydrogen-bond acceptors (Lipinski definition) is 4. The molecule has 0 aromatic rings. The van der Waals surface area contributed by atoms with Gasteiger partial charge in [0.05, 0.1) is 0 Å². The molecule has 0 aliphatic carbocycles. The van der Waals surface area contributed by atoms with E-state index in [1.165, 1.54) is 0 Å². The van der Waals surface area contributed by atoms with E-state index >= 15 is 0 Å². The third-order valence-electron chi connectivity index (χ3n) is 3.03. The average Bonchev–Trinajstić information content (AvgIpc) is 2.39. The normalized spacial score (nSPS) is 17.0. The van der Waals surface area contributed by atoms with Crippen LogP contribution in [0.5, 0.6) is 0 Å². The van der Waals surface area contributed by atoms with Crippen LogP contribution in [0.15, 0.2) is 0 Å². The number of amides is 1. The second-order valence-corrected chi connectivity index (χ2v) is 7.39. The van der Waals surface area contributed by atoms with Crippen molar-refractivity contribution in [1.29, 1.82) is 0 Å². The van der Waals surface area contributed by atoms with E-state index in [1.807, 2.05) is 6.92 Å². The molecule has 0 aromatic carbocycles. The van der Waals surface area contributed by atoms with E-state index < -0.39 is 31.1 Å². The number of hydrogen-bond donors (Lipinski definition) is 4. The SMILES string of the molecule is CCCCP(=O)(O)C(CC)NC(=O)CC[C@H](N)C(=O)O. The van der Waals surface area contributed by atoms with Crippen molar-refractivity contribution >= 4 is 19.2 Å². The largest absolute Gasteiger partial charge is 0.480 e. The zero-order valence-corrected chi connectivity index (χ0v) is 12.9. The number of carboxylic acid groups (broad SMARTS) is 1. The summed E-state index contributed by atoms with van der Waals surface area (Å²) < 4.78 is 12.1. The molecule has 7 nitrogen and oxygen atoms in total. The standard InChI is InChI=1S/C12H25N2O5P/c1-3-5-8-20(18,19)11(4-2)14-10(15)7-6-9(13)12(16)17/h9,11H,3-8,13H2,1-2H3,(H,14,15)(H,16,17)(H,18,19)/t9-,11?/m0/s1. The van der Waals surface area contributed by atoms with Crippen LogP contribution in [0.4, 0.5) is 0 Å². The van der Waals surface area contributed by atoms with Gasteiger partial charge in [-0.25, -0.2) is 0 Å². The van der Waals surface area contributed by atoms with Crippen LogP contribution in [-0.4, -0.2) is 39.9 Å². The number of aliphatic carboxylic acids is 1. The Bertz CT molecular complexity index is 375. The zero-order valence-electron chi connectivity index (χ0n) is 12.0. The molecule has 5 N–H and O–H groups in total. The topological polar surface area (TPSA) is 130 Å². The molecule has 0 rings (SSSR count). The number of carbonyl (C=O) groups is 2. The second-order valence-electron chi connectivity index (χ2n) is 4.81. The lowest BCUT2D eigenvalue weighted by Crippen LogP contribution is -2.37. The third kappa shape index (κ3) is 7.03. The Balaban J connectivity index is 4.38. The number of rotatable bonds is 10. The molecule has 0 aromatic heterocycles. The fraction of sp³-hybridized carbons (Fsp3) is 0.833. The van der Waals surface area contributed by atoms with Gasteiger partial charge in [0.25, 0.3) is 0 Å². The molecule has 0 bridgehead atoms. The number of carboxylic acids is 1. The third-order valence-corrected chi connectivity index (χ3v) is 5.46. The molecule has 0 radical (unpaired) electrons. The Kier molecular flexibility index (Phi) is 8.69. The molecular formula is C12H25N2O5P. The van der Waals surface area contributed by atoms with Crippen LogP contribution in [0.1, 0.15) is 46.0 Å². The first-order valence-corrected chi connectivity index (χ1v) is 8.75. The van der Waals surface area contributed by atoms with E-state index in [1.54, 1.807) is 6.92 Å². The van der Waals surface area contributed by atoms with Crippen LogP contribution in [0, 0.1) is 0 Å². The summed E-state index contributed by atoms with van der Waals surface area (Å²) in [4.78, 5) is 32.1. The quantitative estimate of drug-likeness (QED) is 0.447. The molecule has 8 heteroatoms. The van der Waals surface area contributed by atoms with Crippen LogP contribution in [0.3, 0.4) is 0 Å². The Hall–Kier alpha value is -0.910. The van der Waals surface area contributed by atoms with Gasteiger partial charge in [0.1, 0.15) is 11.8 Å². The number of nitrogens with one attached hydrogen (secondary N) is 1. The summed E-state index contributed by atoms with van der Waals surface area (Å²) in [6, 6.07) is -1.10. The molecule has 3 atom stereocenters. The highest BCUT2D eigenvalue weighted by atomic mass is 31.2. The van der Waals surface area contributed by atoms with Gasteiger partial charge in [-0.15, -0.1) is 0 Å². The summed E-state index contributed by atoms with van der Waals surface area (Å²) in [6.07, 6.45) is 1.90. The highest BCUT2D eigenvalue weighted by molar-refractivity contribution is 7.58. The van der Waals surface area contributed by atoms with Gasteiger partial charge in [0.15, 0.2) is 0 Å². The van der Waals surface area contributed by atoms with Crippen LogP contribution in [-0.2, 0) is 14.2 Å². The Morgan fingerprint density at radius 3 is 2.40 bits per heavy atom. The molecule has 1 amide bonds. The fourth-order valence-corrected chi connectivity index (χ4v) is 3.69. The van der Waals surface area contributed by atoms with Crippen LogP contribution in [0.2, 0.25) is 0 Å². The monoisotopic (exact) mass is 308 g/mol. The van der Waals surface area contributed by atoms with E-state index in [2.05, 4.69) is 5.32 Å². The van der Waals surface area contributed by atoms with Crippen molar-refractivity contribution in [2.45, 2.75) is 57.8 Å². The second kappa shape index (κ2) is 9.10. The molecule has 0 aliphatic rings. The Labute approximate surface area is 119 Å². The van der Waals surface area contributed by atoms with Crippen molar-refractivity contribution in [2.24, 2.45) is 5.73 Å². The van der Waals surface area contributed by atoms with Gasteiger partial charge in [-0.1, -0.05) is 20.3 Å². The molecule has 0 heterocycles. The molecule has 2 unspecified atom stereocenters. The van der Waals surface area contributed by atoms with Gasteiger partial charge in [-0.2, -0.15) is 0 Å². The lowest BCUT2D eigenvalue weighted by Gasteiger charge is -2.23. The first-order valence-electron chi connectivity index (χ1n) is 6.83. The lowest BCUT2D eigenvalue weighted by molar-refractivity contribution is -0.138. The number of unbranched alkanes of at least 4 members (excludes halogenated alkanes) is 1. The van der Waals surface area contributed by atoms with Gasteiger partial charge < -0.3 is 21.1 Å². The molecule has 0 saturated heterocycles. The fourth-order valence-electron chi connectivity index (χ4n) is 1.70. The van der Waals surface area contributed by atoms with Crippen molar-refractivity contribution < 1.29 is 24.2 Å². The number of nitrogens with two attached hydrogens (primary N) is 1. The zero-order chi connectivity index (χ0) is 15.8. The molecule has 0 aliphatic heterocycles. The van der Waals surface area contributed by atoms with Crippen molar-refractivity contribution in [3.05, 3.63) is 0 Å². The average molecular weight is 308 g/mol. The maximum Gasteiger partial charge on any atom is 0.320 e. The van der Waals surface area contributed by atoms with Gasteiger partial charge in [-0.05, 0) is 19.3 Å². The van der Waals surface area contributed by atoms with Crippen molar-refractivity contribution in [1.82, 2.24) is 5.32 Å². The maximum atomic E-state index is 12.1. The van der Waals surface area contributed by atoms with Crippen molar-refractivity contribution in [3.63, 3.8) is 0 Å². The summed E-state index contributed by atoms with van der Waals surface area (Å²) in [5.74, 6) is -2.39. The lowest BCUT2D eigenvalue weighted by atomic mass is 10.1. The summed E-state index contributed by atoms with van der Waals surface area (Å²) in [5.41, 5.74) is 5.30. The minimum atomic E-state index is -3.42. The van der Waals surface area contributed by atoms with E-state index in [0.717, 1.165) is 6.42 Å². The number of carbonyl (C=O) groups excluding carboxylic acids is 1. The molecule has 0 spiro atoms. The predicted octanol–water partition coefficient (Wildman–Crippen LogP) is 1.10. The summed E-state index contributed by atoms with van der Waals surface area (Å²) >= 11 is 0. The first kappa shape index (κ1) is 19.1. The van der Waals surface area contributed by atoms with Crippen LogP contribution >= 0.6 is 7.37 Å². The Morgan fingerprint density at radius 2 is 1.95 bits per heavy atom. The minimum absolute atomic E-state index is 0.00227. The summed E-state index contributed by atoms with van der Waals surface area (Å²) in [7, 11) is -3.42. The van der Waals surface area contributed by atoms with Crippen molar-refractivity contribution in [3.8, 4) is 0 Å². The molecular weight excluding hydrogens is 283 g/mol. The predicted molar refractivity (Wildman–Crippen MR) is 76.7 cm³/mol. The van der Waals surface area contributed by atoms with Gasteiger partial charge >= 0.3 is 5.97 Å². The maximum absolute atomic E-state index is 12.1. The smallest absolute Gasteiger partial charge is 0.320 e. The first-order chi connectivity index (χ1) is 9.24. The molecule has 0 fully saturated rings. The van der Waals surface area contributed by atoms with E-state index in [0.29, 0.717) is 12.8 Å². The van der Waals surface area contributed by atoms with E-state index in [-0.39, 0.29) is 19.0 Å². The molecule has 118 valence electrons. The Morgan fingerprint density at radius 1 is 1.35 bits per heavy atom. The minimum Gasteiger partial charge on any atom is -0.480 e. The highest BCUT2D eigenvalue weighted by Crippen LogP contribution is 2.47. The summed E-state index contributed by atoms with van der Waals surface area (Å²) in [5, 5.41) is 11.1. The van der Waals surface area contributed by atoms with Gasteiger partial charge in [-0.3, -0.25) is 14.2 Å². The van der Waals surface area contributed by atoms with Gasteiger partial charge in [0, 0.05) is 12.6 Å². The van der Waals surface area contributed by atoms with E-state index in [9.17, 15) is 19.0 Å². The van der Waals surface area contributed by atoms with Crippen LogP contribution in [0.25, 0.3) is 0 Å². The van der Waals surface area contributed by atoms with Crippen LogP contribution < -0.4 is 11.1 Å². The van der Waals surface area contributed by atoms with Gasteiger partial charge in [0.2, 0.25) is 13.3 Å². The summed E-state index contributed by atoms with van der Waals surface area (Å²) in [6.45, 7) is 3.65. The highest BCUT2D eigenvalue weighted by Gasteiger charge is 2.30.